The van der Waals surface area contributed by atoms with Gasteiger partial charge in [0.05, 0.1) is 19.2 Å². The lowest BCUT2D eigenvalue weighted by atomic mass is 10.1. The molecule has 18 heavy (non-hydrogen) atoms. The highest BCUT2D eigenvalue weighted by Crippen LogP contribution is 2.17. The number of hydrogen-bond donors (Lipinski definition) is 1. The largest absolute Gasteiger partial charge is 0.382 e. The topological polar surface area (TPSA) is 64.9 Å². The number of methoxy groups -OCH3 is 1. The van der Waals surface area contributed by atoms with Crippen LogP contribution in [0.1, 0.15) is 39.6 Å². The van der Waals surface area contributed by atoms with E-state index in [0.717, 1.165) is 12.4 Å². The molecule has 0 aromatic carbocycles. The summed E-state index contributed by atoms with van der Waals surface area (Å²) in [5, 5.41) is 15.3. The fourth-order valence-electron chi connectivity index (χ4n) is 1.78. The first-order chi connectivity index (χ1) is 8.56. The monoisotopic (exact) mass is 255 g/mol. The van der Waals surface area contributed by atoms with Crippen molar-refractivity contribution in [3.8, 4) is 0 Å². The molecule has 0 aliphatic heterocycles. The van der Waals surface area contributed by atoms with Crippen molar-refractivity contribution < 1.29 is 4.74 Å². The second-order valence-corrected chi connectivity index (χ2v) is 5.33. The molecule has 1 rings (SSSR count). The number of tetrazole rings is 1. The van der Waals surface area contributed by atoms with Gasteiger partial charge in [-0.2, -0.15) is 0 Å². The summed E-state index contributed by atoms with van der Waals surface area (Å²) in [6, 6.07) is 0.181. The van der Waals surface area contributed by atoms with Crippen molar-refractivity contribution in [2.24, 2.45) is 11.8 Å². The van der Waals surface area contributed by atoms with Crippen LogP contribution in [-0.2, 0) is 11.3 Å². The first-order valence-electron chi connectivity index (χ1n) is 6.52. The lowest BCUT2D eigenvalue weighted by molar-refractivity contribution is 0.123. The quantitative estimate of drug-likeness (QED) is 0.757. The van der Waals surface area contributed by atoms with Crippen LogP contribution >= 0.6 is 0 Å². The number of hydrogen-bond acceptors (Lipinski definition) is 5. The van der Waals surface area contributed by atoms with Crippen molar-refractivity contribution in [2.75, 3.05) is 20.3 Å². The summed E-state index contributed by atoms with van der Waals surface area (Å²) in [4.78, 5) is 0. The second kappa shape index (κ2) is 7.43. The molecule has 104 valence electrons. The van der Waals surface area contributed by atoms with Gasteiger partial charge in [0.15, 0.2) is 5.82 Å². The third-order valence-corrected chi connectivity index (χ3v) is 2.82. The van der Waals surface area contributed by atoms with Gasteiger partial charge in [-0.25, -0.2) is 4.68 Å². The van der Waals surface area contributed by atoms with Crippen molar-refractivity contribution in [3.63, 3.8) is 0 Å². The van der Waals surface area contributed by atoms with Crippen LogP contribution in [0.4, 0.5) is 0 Å². The maximum atomic E-state index is 5.25. The summed E-state index contributed by atoms with van der Waals surface area (Å²) in [5.74, 6) is 1.91. The number of nitrogens with one attached hydrogen (secondary N) is 1. The lowest BCUT2D eigenvalue weighted by Gasteiger charge is -2.21. The highest BCUT2D eigenvalue weighted by molar-refractivity contribution is 4.85. The Morgan fingerprint density at radius 1 is 1.28 bits per heavy atom. The minimum atomic E-state index is 0.181. The second-order valence-electron chi connectivity index (χ2n) is 5.33. The summed E-state index contributed by atoms with van der Waals surface area (Å²) in [6.45, 7) is 10.9. The Kier molecular flexibility index (Phi) is 6.21. The molecule has 0 aliphatic carbocycles. The zero-order valence-corrected chi connectivity index (χ0v) is 12.1. The summed E-state index contributed by atoms with van der Waals surface area (Å²) >= 11 is 0. The first-order valence-corrected chi connectivity index (χ1v) is 6.52. The fourth-order valence-corrected chi connectivity index (χ4v) is 1.78. The van der Waals surface area contributed by atoms with Crippen molar-refractivity contribution in [3.05, 3.63) is 5.82 Å². The van der Waals surface area contributed by atoms with Crippen LogP contribution in [-0.4, -0.2) is 40.5 Å². The molecule has 6 heteroatoms. The predicted octanol–water partition coefficient (Wildman–Crippen LogP) is 1.26. The summed E-state index contributed by atoms with van der Waals surface area (Å²) < 4.78 is 7.13. The SMILES string of the molecule is COCC(C(C)C)n1nnnc1CNCC(C)C. The molecule has 1 aromatic rings. The minimum absolute atomic E-state index is 0.181. The van der Waals surface area contributed by atoms with Crippen LogP contribution in [0.15, 0.2) is 0 Å². The lowest BCUT2D eigenvalue weighted by Crippen LogP contribution is -2.27. The molecule has 1 N–H and O–H groups in total. The molecule has 1 aromatic heterocycles. The van der Waals surface area contributed by atoms with E-state index in [2.05, 4.69) is 48.5 Å². The molecule has 1 heterocycles. The highest BCUT2D eigenvalue weighted by Gasteiger charge is 2.20. The van der Waals surface area contributed by atoms with Crippen LogP contribution in [0.25, 0.3) is 0 Å². The van der Waals surface area contributed by atoms with E-state index in [4.69, 9.17) is 4.74 Å². The van der Waals surface area contributed by atoms with Crippen LogP contribution in [0.2, 0.25) is 0 Å². The van der Waals surface area contributed by atoms with Gasteiger partial charge in [-0.1, -0.05) is 27.7 Å². The smallest absolute Gasteiger partial charge is 0.165 e. The molecule has 0 aliphatic rings. The third-order valence-electron chi connectivity index (χ3n) is 2.82. The molecule has 0 saturated heterocycles. The maximum absolute atomic E-state index is 5.25. The Bertz CT molecular complexity index is 337. The van der Waals surface area contributed by atoms with Gasteiger partial charge < -0.3 is 10.1 Å². The van der Waals surface area contributed by atoms with Crippen LogP contribution in [0.5, 0.6) is 0 Å². The van der Waals surface area contributed by atoms with Gasteiger partial charge in [0.1, 0.15) is 0 Å². The van der Waals surface area contributed by atoms with Crippen LogP contribution < -0.4 is 5.32 Å². The van der Waals surface area contributed by atoms with Gasteiger partial charge in [-0.15, -0.1) is 5.10 Å². The minimum Gasteiger partial charge on any atom is -0.382 e. The van der Waals surface area contributed by atoms with Gasteiger partial charge >= 0.3 is 0 Å². The zero-order chi connectivity index (χ0) is 13.5. The molecule has 6 nitrogen and oxygen atoms in total. The van der Waals surface area contributed by atoms with Gasteiger partial charge in [0.2, 0.25) is 0 Å². The zero-order valence-electron chi connectivity index (χ0n) is 12.1. The van der Waals surface area contributed by atoms with E-state index < -0.39 is 0 Å². The van der Waals surface area contributed by atoms with E-state index >= 15 is 0 Å². The molecule has 0 radical (unpaired) electrons. The predicted molar refractivity (Wildman–Crippen MR) is 70.1 cm³/mol. The average molecular weight is 255 g/mol. The van der Waals surface area contributed by atoms with Crippen molar-refractivity contribution >= 4 is 0 Å². The Morgan fingerprint density at radius 2 is 2.00 bits per heavy atom. The molecule has 1 atom stereocenters. The Balaban J connectivity index is 2.67. The summed E-state index contributed by atoms with van der Waals surface area (Å²) in [5.41, 5.74) is 0. The number of ether oxygens (including phenoxy) is 1. The summed E-state index contributed by atoms with van der Waals surface area (Å²) in [7, 11) is 1.70. The van der Waals surface area contributed by atoms with Gasteiger partial charge in [-0.3, -0.25) is 0 Å². The highest BCUT2D eigenvalue weighted by atomic mass is 16.5. The van der Waals surface area contributed by atoms with E-state index in [1.807, 2.05) is 4.68 Å². The van der Waals surface area contributed by atoms with E-state index in [9.17, 15) is 0 Å². The van der Waals surface area contributed by atoms with Crippen LogP contribution in [0.3, 0.4) is 0 Å². The standard InChI is InChI=1S/C12H25N5O/c1-9(2)6-13-7-12-14-15-16-17(12)11(8-18-5)10(3)4/h9-11,13H,6-8H2,1-5H3. The molecule has 0 spiro atoms. The number of aromatic nitrogens is 4. The Labute approximate surface area is 109 Å². The molecule has 0 saturated carbocycles. The molecular weight excluding hydrogens is 230 g/mol. The number of nitrogens with zero attached hydrogens (tertiary/aromatic N) is 4. The third kappa shape index (κ3) is 4.34. The maximum Gasteiger partial charge on any atom is 0.165 e. The fraction of sp³-hybridized carbons (Fsp3) is 0.917. The van der Waals surface area contributed by atoms with Gasteiger partial charge in [-0.05, 0) is 28.8 Å². The van der Waals surface area contributed by atoms with E-state index in [-0.39, 0.29) is 6.04 Å². The molecule has 1 unspecified atom stereocenters. The summed E-state index contributed by atoms with van der Waals surface area (Å²) in [6.07, 6.45) is 0. The van der Waals surface area contributed by atoms with Crippen LogP contribution in [0, 0.1) is 11.8 Å². The molecular formula is C12H25N5O. The molecule has 0 amide bonds. The number of rotatable bonds is 8. The van der Waals surface area contributed by atoms with E-state index in [1.54, 1.807) is 7.11 Å². The first kappa shape index (κ1) is 15.0. The normalized spacial score (nSPS) is 13.5. The average Bonchev–Trinajstić information content (AvgIpc) is 2.73. The molecule has 0 fully saturated rings. The Hall–Kier alpha value is -1.01. The van der Waals surface area contributed by atoms with Gasteiger partial charge in [0, 0.05) is 7.11 Å². The van der Waals surface area contributed by atoms with E-state index in [1.165, 1.54) is 0 Å². The van der Waals surface area contributed by atoms with Crippen molar-refractivity contribution in [1.29, 1.82) is 0 Å². The Morgan fingerprint density at radius 3 is 2.56 bits per heavy atom. The molecule has 0 bridgehead atoms. The van der Waals surface area contributed by atoms with Crippen molar-refractivity contribution in [1.82, 2.24) is 25.5 Å². The van der Waals surface area contributed by atoms with E-state index in [0.29, 0.717) is 25.0 Å². The van der Waals surface area contributed by atoms with Gasteiger partial charge in [0.25, 0.3) is 0 Å². The van der Waals surface area contributed by atoms with Crippen molar-refractivity contribution in [2.45, 2.75) is 40.3 Å².